The van der Waals surface area contributed by atoms with Crippen molar-refractivity contribution in [2.45, 2.75) is 45.8 Å². The lowest BCUT2D eigenvalue weighted by molar-refractivity contribution is 0.470. The fraction of sp³-hybridized carbons (Fsp3) is 0.583. The number of thiazole rings is 1. The van der Waals surface area contributed by atoms with Crippen molar-refractivity contribution in [3.63, 3.8) is 0 Å². The predicted octanol–water partition coefficient (Wildman–Crippen LogP) is 4.09. The van der Waals surface area contributed by atoms with Crippen LogP contribution >= 0.6 is 11.3 Å². The Hall–Kier alpha value is -0.813. The van der Waals surface area contributed by atoms with Gasteiger partial charge in [0.2, 0.25) is 0 Å². The molecule has 0 N–H and O–H groups in total. The Morgan fingerprint density at radius 2 is 2.00 bits per heavy atom. The van der Waals surface area contributed by atoms with Crippen LogP contribution < -0.4 is 4.43 Å². The molecule has 0 aromatic carbocycles. The molecule has 0 radical (unpaired) electrons. The Morgan fingerprint density at radius 3 is 2.59 bits per heavy atom. The Kier molecular flexibility index (Phi) is 2.86. The van der Waals surface area contributed by atoms with Crippen molar-refractivity contribution >= 4 is 24.5 Å². The van der Waals surface area contributed by atoms with E-state index in [-0.39, 0.29) is 5.04 Å². The standard InChI is InChI=1S/C12H20N2OSSi/c1-9-11(14-8-13-7-10(14)16-9)15-17(5,6)12(2,3)4/h7-8H,1-6H3. The van der Waals surface area contributed by atoms with Crippen molar-refractivity contribution in [1.29, 1.82) is 0 Å². The van der Waals surface area contributed by atoms with Crippen molar-refractivity contribution in [3.8, 4) is 5.88 Å². The molecule has 0 amide bonds. The van der Waals surface area contributed by atoms with Gasteiger partial charge < -0.3 is 4.43 Å². The van der Waals surface area contributed by atoms with Gasteiger partial charge in [-0.05, 0) is 25.1 Å². The van der Waals surface area contributed by atoms with Crippen LogP contribution in [0.25, 0.3) is 4.83 Å². The van der Waals surface area contributed by atoms with Crippen LogP contribution in [0, 0.1) is 6.92 Å². The molecule has 94 valence electrons. The summed E-state index contributed by atoms with van der Waals surface area (Å²) in [5.74, 6) is 0.981. The molecule has 0 atom stereocenters. The van der Waals surface area contributed by atoms with E-state index in [4.69, 9.17) is 4.43 Å². The van der Waals surface area contributed by atoms with Gasteiger partial charge in [-0.25, -0.2) is 4.98 Å². The van der Waals surface area contributed by atoms with Crippen LogP contribution in [-0.4, -0.2) is 17.7 Å². The van der Waals surface area contributed by atoms with Crippen LogP contribution in [0.1, 0.15) is 25.6 Å². The fourth-order valence-electron chi connectivity index (χ4n) is 1.40. The van der Waals surface area contributed by atoms with Crippen LogP contribution in [0.2, 0.25) is 18.1 Å². The molecule has 2 rings (SSSR count). The lowest BCUT2D eigenvalue weighted by Gasteiger charge is -2.36. The van der Waals surface area contributed by atoms with E-state index in [1.54, 1.807) is 11.3 Å². The molecule has 0 bridgehead atoms. The van der Waals surface area contributed by atoms with Crippen LogP contribution in [0.4, 0.5) is 0 Å². The summed E-state index contributed by atoms with van der Waals surface area (Å²) >= 11 is 1.73. The minimum Gasteiger partial charge on any atom is -0.531 e. The average molecular weight is 268 g/mol. The summed E-state index contributed by atoms with van der Waals surface area (Å²) < 4.78 is 8.44. The first-order valence-electron chi connectivity index (χ1n) is 5.83. The van der Waals surface area contributed by atoms with E-state index >= 15 is 0 Å². The first-order chi connectivity index (χ1) is 7.72. The SMILES string of the molecule is Cc1sc2cncn2c1O[Si](C)(C)C(C)(C)C. The lowest BCUT2D eigenvalue weighted by atomic mass is 10.2. The number of imidazole rings is 1. The molecule has 5 heteroatoms. The van der Waals surface area contributed by atoms with Crippen molar-refractivity contribution in [3.05, 3.63) is 17.4 Å². The van der Waals surface area contributed by atoms with Gasteiger partial charge in [-0.3, -0.25) is 4.40 Å². The van der Waals surface area contributed by atoms with Gasteiger partial charge >= 0.3 is 0 Å². The zero-order chi connectivity index (χ0) is 12.8. The lowest BCUT2D eigenvalue weighted by Crippen LogP contribution is -2.44. The van der Waals surface area contributed by atoms with Crippen LogP contribution in [0.5, 0.6) is 5.88 Å². The molecule has 2 aromatic rings. The molecule has 17 heavy (non-hydrogen) atoms. The third-order valence-electron chi connectivity index (χ3n) is 3.54. The second kappa shape index (κ2) is 3.85. The maximum atomic E-state index is 6.38. The van der Waals surface area contributed by atoms with Gasteiger partial charge in [0.15, 0.2) is 5.88 Å². The highest BCUT2D eigenvalue weighted by atomic mass is 32.1. The van der Waals surface area contributed by atoms with Crippen molar-refractivity contribution in [1.82, 2.24) is 9.38 Å². The maximum absolute atomic E-state index is 6.38. The van der Waals surface area contributed by atoms with Gasteiger partial charge in [0, 0.05) is 0 Å². The molecule has 0 aliphatic rings. The average Bonchev–Trinajstić information content (AvgIpc) is 2.68. The van der Waals surface area contributed by atoms with Crippen molar-refractivity contribution in [2.75, 3.05) is 0 Å². The van der Waals surface area contributed by atoms with Gasteiger partial charge in [-0.15, -0.1) is 11.3 Å². The molecule has 3 nitrogen and oxygen atoms in total. The number of fused-ring (bicyclic) bond motifs is 1. The summed E-state index contributed by atoms with van der Waals surface area (Å²) in [6, 6.07) is 0. The minimum absolute atomic E-state index is 0.217. The first kappa shape index (κ1) is 12.6. The molecule has 0 aliphatic heterocycles. The third-order valence-corrected chi connectivity index (χ3v) is 8.85. The largest absolute Gasteiger partial charge is 0.531 e. The van der Waals surface area contributed by atoms with Crippen molar-refractivity contribution in [2.24, 2.45) is 0 Å². The highest BCUT2D eigenvalue weighted by Crippen LogP contribution is 2.39. The smallest absolute Gasteiger partial charge is 0.252 e. The maximum Gasteiger partial charge on any atom is 0.252 e. The zero-order valence-electron chi connectivity index (χ0n) is 11.4. The summed E-state index contributed by atoms with van der Waals surface area (Å²) in [6.45, 7) is 13.4. The predicted molar refractivity (Wildman–Crippen MR) is 75.6 cm³/mol. The molecule has 2 heterocycles. The number of aromatic nitrogens is 2. The third kappa shape index (κ3) is 2.13. The molecule has 0 saturated carbocycles. The molecule has 0 unspecified atom stereocenters. The van der Waals surface area contributed by atoms with Gasteiger partial charge in [-0.2, -0.15) is 0 Å². The first-order valence-corrected chi connectivity index (χ1v) is 9.55. The van der Waals surface area contributed by atoms with Crippen molar-refractivity contribution < 1.29 is 4.43 Å². The quantitative estimate of drug-likeness (QED) is 0.767. The van der Waals surface area contributed by atoms with E-state index < -0.39 is 8.32 Å². The Labute approximate surface area is 108 Å². The highest BCUT2D eigenvalue weighted by molar-refractivity contribution is 7.17. The summed E-state index contributed by atoms with van der Waals surface area (Å²) in [5.41, 5.74) is 0. The number of hydrogen-bond donors (Lipinski definition) is 0. The normalized spacial score (nSPS) is 13.3. The Morgan fingerprint density at radius 1 is 1.35 bits per heavy atom. The fourth-order valence-corrected chi connectivity index (χ4v) is 3.39. The molecule has 0 saturated heterocycles. The van der Waals surface area contributed by atoms with Crippen LogP contribution in [0.15, 0.2) is 12.5 Å². The van der Waals surface area contributed by atoms with E-state index in [0.717, 1.165) is 10.7 Å². The molecule has 0 spiro atoms. The minimum atomic E-state index is -1.77. The Balaban J connectivity index is 2.41. The van der Waals surface area contributed by atoms with Gasteiger partial charge in [0.1, 0.15) is 11.2 Å². The van der Waals surface area contributed by atoms with E-state index in [1.165, 1.54) is 4.88 Å². The number of nitrogens with zero attached hydrogens (tertiary/aromatic N) is 2. The van der Waals surface area contributed by atoms with Gasteiger partial charge in [0.25, 0.3) is 8.32 Å². The van der Waals surface area contributed by atoms with Gasteiger partial charge in [-0.1, -0.05) is 20.8 Å². The zero-order valence-corrected chi connectivity index (χ0v) is 13.2. The molecule has 2 aromatic heterocycles. The number of hydrogen-bond acceptors (Lipinski definition) is 3. The monoisotopic (exact) mass is 268 g/mol. The molecule has 0 aliphatic carbocycles. The molecular formula is C12H20N2OSSi. The second-order valence-electron chi connectivity index (χ2n) is 5.93. The summed E-state index contributed by atoms with van der Waals surface area (Å²) in [5, 5.41) is 0.217. The summed E-state index contributed by atoms with van der Waals surface area (Å²) in [4.78, 5) is 6.54. The highest BCUT2D eigenvalue weighted by Gasteiger charge is 2.40. The Bertz CT molecular complexity index is 536. The van der Waals surface area contributed by atoms with E-state index in [1.807, 2.05) is 12.5 Å². The topological polar surface area (TPSA) is 26.5 Å². The molecular weight excluding hydrogens is 248 g/mol. The van der Waals surface area contributed by atoms with E-state index in [9.17, 15) is 0 Å². The number of rotatable bonds is 2. The number of aryl methyl sites for hydroxylation is 1. The summed E-state index contributed by atoms with van der Waals surface area (Å²) in [6.07, 6.45) is 3.72. The second-order valence-corrected chi connectivity index (χ2v) is 11.9. The van der Waals surface area contributed by atoms with E-state index in [0.29, 0.717) is 0 Å². The van der Waals surface area contributed by atoms with Crippen LogP contribution in [-0.2, 0) is 0 Å². The van der Waals surface area contributed by atoms with E-state index in [2.05, 4.69) is 50.2 Å². The summed E-state index contributed by atoms with van der Waals surface area (Å²) in [7, 11) is -1.77. The molecule has 0 fully saturated rings. The van der Waals surface area contributed by atoms with Gasteiger partial charge in [0.05, 0.1) is 11.1 Å². The van der Waals surface area contributed by atoms with Crippen LogP contribution in [0.3, 0.4) is 0 Å².